The lowest BCUT2D eigenvalue weighted by Gasteiger charge is -2.18. The molecule has 0 aliphatic rings. The van der Waals surface area contributed by atoms with Gasteiger partial charge in [-0.2, -0.15) is 0 Å². The zero-order valence-electron chi connectivity index (χ0n) is 10.8. The lowest BCUT2D eigenvalue weighted by Crippen LogP contribution is -2.28. The molecule has 0 saturated heterocycles. The van der Waals surface area contributed by atoms with Crippen molar-refractivity contribution >= 4 is 22.1 Å². The number of rotatable bonds is 3. The highest BCUT2D eigenvalue weighted by Crippen LogP contribution is 2.32. The molecule has 0 amide bonds. The summed E-state index contributed by atoms with van der Waals surface area (Å²) in [6, 6.07) is 17.0. The molecule has 0 radical (unpaired) electrons. The summed E-state index contributed by atoms with van der Waals surface area (Å²) in [5.74, 6) is 5.81. The Balaban J connectivity index is 2.20. The van der Waals surface area contributed by atoms with Crippen molar-refractivity contribution in [2.45, 2.75) is 13.0 Å². The van der Waals surface area contributed by atoms with Gasteiger partial charge in [-0.15, -0.1) is 11.3 Å². The minimum absolute atomic E-state index is 0.0473. The molecule has 0 fully saturated rings. The Morgan fingerprint density at radius 3 is 2.58 bits per heavy atom. The van der Waals surface area contributed by atoms with E-state index in [1.54, 1.807) is 11.3 Å². The molecule has 3 N–H and O–H groups in total. The van der Waals surface area contributed by atoms with E-state index in [1.165, 1.54) is 26.8 Å². The van der Waals surface area contributed by atoms with E-state index in [2.05, 4.69) is 66.3 Å². The topological polar surface area (TPSA) is 38.0 Å². The molecule has 1 unspecified atom stereocenters. The largest absolute Gasteiger partial charge is 0.271 e. The van der Waals surface area contributed by atoms with Crippen LogP contribution in [0.1, 0.15) is 22.0 Å². The smallest absolute Gasteiger partial charge is 0.0811 e. The summed E-state index contributed by atoms with van der Waals surface area (Å²) >= 11 is 1.74. The average molecular weight is 268 g/mol. The van der Waals surface area contributed by atoms with Crippen LogP contribution in [-0.2, 0) is 0 Å². The Morgan fingerprint density at radius 2 is 1.84 bits per heavy atom. The third-order valence-corrected chi connectivity index (χ3v) is 4.55. The zero-order valence-corrected chi connectivity index (χ0v) is 11.6. The fraction of sp³-hybridized carbons (Fsp3) is 0.125. The van der Waals surface area contributed by atoms with Crippen molar-refractivity contribution in [1.29, 1.82) is 0 Å². The molecule has 2 nitrogen and oxygen atoms in total. The van der Waals surface area contributed by atoms with Crippen LogP contribution in [0.15, 0.2) is 53.9 Å². The first-order valence-electron chi connectivity index (χ1n) is 6.29. The van der Waals surface area contributed by atoms with Crippen LogP contribution in [0.5, 0.6) is 0 Å². The Labute approximate surface area is 116 Å². The molecule has 2 aromatic carbocycles. The van der Waals surface area contributed by atoms with E-state index in [0.717, 1.165) is 0 Å². The summed E-state index contributed by atoms with van der Waals surface area (Å²) in [7, 11) is 0. The fourth-order valence-electron chi connectivity index (χ4n) is 2.49. The first kappa shape index (κ1) is 12.4. The van der Waals surface area contributed by atoms with E-state index in [0.29, 0.717) is 0 Å². The van der Waals surface area contributed by atoms with Gasteiger partial charge < -0.3 is 0 Å². The molecule has 1 atom stereocenters. The van der Waals surface area contributed by atoms with E-state index in [1.807, 2.05) is 0 Å². The minimum atomic E-state index is 0.0473. The Hall–Kier alpha value is -1.68. The highest BCUT2D eigenvalue weighted by Gasteiger charge is 2.17. The molecule has 1 aromatic heterocycles. The normalized spacial score (nSPS) is 12.7. The molecule has 0 aliphatic heterocycles. The number of thiophene rings is 1. The van der Waals surface area contributed by atoms with Crippen molar-refractivity contribution in [3.63, 3.8) is 0 Å². The van der Waals surface area contributed by atoms with Crippen LogP contribution in [0, 0.1) is 6.92 Å². The second kappa shape index (κ2) is 5.13. The average Bonchev–Trinajstić information content (AvgIpc) is 2.86. The molecular formula is C16H16N2S. The van der Waals surface area contributed by atoms with E-state index in [4.69, 9.17) is 5.84 Å². The van der Waals surface area contributed by atoms with Gasteiger partial charge in [0, 0.05) is 4.88 Å². The van der Waals surface area contributed by atoms with Gasteiger partial charge in [-0.05, 0) is 40.3 Å². The number of hydrazine groups is 1. The van der Waals surface area contributed by atoms with Crippen LogP contribution in [-0.4, -0.2) is 0 Å². The summed E-state index contributed by atoms with van der Waals surface area (Å²) in [5, 5.41) is 4.61. The maximum atomic E-state index is 5.81. The van der Waals surface area contributed by atoms with Gasteiger partial charge in [0.25, 0.3) is 0 Å². The Morgan fingerprint density at radius 1 is 1.05 bits per heavy atom. The van der Waals surface area contributed by atoms with E-state index >= 15 is 0 Å². The molecule has 0 spiro atoms. The number of nitrogens with two attached hydrogens (primary N) is 1. The van der Waals surface area contributed by atoms with Crippen molar-refractivity contribution in [3.05, 3.63) is 69.9 Å². The Bertz CT molecular complexity index is 697. The summed E-state index contributed by atoms with van der Waals surface area (Å²) in [4.78, 5) is 1.28. The SMILES string of the molecule is Cc1ccsc1C(NN)c1cccc2ccccc12. The van der Waals surface area contributed by atoms with Crippen molar-refractivity contribution in [2.24, 2.45) is 5.84 Å². The van der Waals surface area contributed by atoms with Crippen molar-refractivity contribution in [3.8, 4) is 0 Å². The van der Waals surface area contributed by atoms with Gasteiger partial charge in [0.1, 0.15) is 0 Å². The quantitative estimate of drug-likeness (QED) is 0.560. The summed E-state index contributed by atoms with van der Waals surface area (Å²) in [6.07, 6.45) is 0. The second-order valence-corrected chi connectivity index (χ2v) is 5.58. The molecular weight excluding hydrogens is 252 g/mol. The van der Waals surface area contributed by atoms with Gasteiger partial charge in [-0.1, -0.05) is 42.5 Å². The van der Waals surface area contributed by atoms with Gasteiger partial charge in [-0.25, -0.2) is 5.43 Å². The molecule has 19 heavy (non-hydrogen) atoms. The third kappa shape index (κ3) is 2.16. The van der Waals surface area contributed by atoms with Crippen LogP contribution in [0.2, 0.25) is 0 Å². The van der Waals surface area contributed by atoms with Crippen molar-refractivity contribution in [1.82, 2.24) is 5.43 Å². The summed E-state index contributed by atoms with van der Waals surface area (Å²) in [6.45, 7) is 2.13. The highest BCUT2D eigenvalue weighted by atomic mass is 32.1. The fourth-order valence-corrected chi connectivity index (χ4v) is 3.49. The number of benzene rings is 2. The van der Waals surface area contributed by atoms with Crippen LogP contribution in [0.3, 0.4) is 0 Å². The van der Waals surface area contributed by atoms with Gasteiger partial charge in [0.2, 0.25) is 0 Å². The number of hydrogen-bond donors (Lipinski definition) is 2. The predicted molar refractivity (Wildman–Crippen MR) is 82.2 cm³/mol. The zero-order chi connectivity index (χ0) is 13.2. The maximum Gasteiger partial charge on any atom is 0.0811 e. The standard InChI is InChI=1S/C16H16N2S/c1-11-9-10-19-16(11)15(18-17)14-8-4-6-12-5-2-3-7-13(12)14/h2-10,15,18H,17H2,1H3. The first-order valence-corrected chi connectivity index (χ1v) is 7.17. The van der Waals surface area contributed by atoms with Crippen LogP contribution < -0.4 is 11.3 Å². The summed E-state index contributed by atoms with van der Waals surface area (Å²) < 4.78 is 0. The van der Waals surface area contributed by atoms with Crippen molar-refractivity contribution < 1.29 is 0 Å². The minimum Gasteiger partial charge on any atom is -0.271 e. The van der Waals surface area contributed by atoms with Crippen molar-refractivity contribution in [2.75, 3.05) is 0 Å². The predicted octanol–water partition coefficient (Wildman–Crippen LogP) is 3.76. The van der Waals surface area contributed by atoms with Crippen LogP contribution in [0.4, 0.5) is 0 Å². The van der Waals surface area contributed by atoms with E-state index in [-0.39, 0.29) is 6.04 Å². The number of fused-ring (bicyclic) bond motifs is 1. The molecule has 0 bridgehead atoms. The molecule has 3 heteroatoms. The summed E-state index contributed by atoms with van der Waals surface area (Å²) in [5.41, 5.74) is 5.47. The second-order valence-electron chi connectivity index (χ2n) is 4.64. The lowest BCUT2D eigenvalue weighted by atomic mass is 9.97. The van der Waals surface area contributed by atoms with Gasteiger partial charge in [0.05, 0.1) is 6.04 Å². The number of hydrogen-bond acceptors (Lipinski definition) is 3. The molecule has 3 aromatic rings. The lowest BCUT2D eigenvalue weighted by molar-refractivity contribution is 0.648. The highest BCUT2D eigenvalue weighted by molar-refractivity contribution is 7.10. The molecule has 1 heterocycles. The van der Waals surface area contributed by atoms with Gasteiger partial charge >= 0.3 is 0 Å². The van der Waals surface area contributed by atoms with Gasteiger partial charge in [-0.3, -0.25) is 5.84 Å². The van der Waals surface area contributed by atoms with E-state index in [9.17, 15) is 0 Å². The molecule has 96 valence electrons. The number of aryl methyl sites for hydroxylation is 1. The molecule has 3 rings (SSSR count). The van der Waals surface area contributed by atoms with Gasteiger partial charge in [0.15, 0.2) is 0 Å². The Kier molecular flexibility index (Phi) is 3.34. The van der Waals surface area contributed by atoms with Crippen LogP contribution in [0.25, 0.3) is 10.8 Å². The van der Waals surface area contributed by atoms with Crippen LogP contribution >= 0.6 is 11.3 Å². The third-order valence-electron chi connectivity index (χ3n) is 3.46. The molecule has 0 saturated carbocycles. The number of nitrogens with one attached hydrogen (secondary N) is 1. The monoisotopic (exact) mass is 268 g/mol. The maximum absolute atomic E-state index is 5.81. The van der Waals surface area contributed by atoms with E-state index < -0.39 is 0 Å². The molecule has 0 aliphatic carbocycles. The first-order chi connectivity index (χ1) is 9.31.